The molecular weight excluding hydrogens is 252 g/mol. The summed E-state index contributed by atoms with van der Waals surface area (Å²) < 4.78 is 11.0. The Hall–Kier alpha value is -2.29. The van der Waals surface area contributed by atoms with E-state index in [1.165, 1.54) is 0 Å². The Morgan fingerprint density at radius 1 is 0.850 bits per heavy atom. The largest absolute Gasteiger partial charge is 0.488 e. The SMILES string of the molecule is CC(C)(C)Oc1ccc(C(=O)Oc2ccccc2)cc1. The lowest BCUT2D eigenvalue weighted by atomic mass is 10.1. The van der Waals surface area contributed by atoms with Gasteiger partial charge in [0.25, 0.3) is 0 Å². The van der Waals surface area contributed by atoms with Gasteiger partial charge in [0.05, 0.1) is 5.56 Å². The maximum atomic E-state index is 11.9. The topological polar surface area (TPSA) is 35.5 Å². The van der Waals surface area contributed by atoms with E-state index in [1.54, 1.807) is 36.4 Å². The molecule has 0 bridgehead atoms. The molecule has 0 aliphatic rings. The highest BCUT2D eigenvalue weighted by Gasteiger charge is 2.13. The van der Waals surface area contributed by atoms with Crippen molar-refractivity contribution in [2.45, 2.75) is 26.4 Å². The standard InChI is InChI=1S/C17H18O3/c1-17(2,3)20-15-11-9-13(10-12-15)16(18)19-14-7-5-4-6-8-14/h4-12H,1-3H3. The van der Waals surface area contributed by atoms with Crippen molar-refractivity contribution in [1.82, 2.24) is 0 Å². The van der Waals surface area contributed by atoms with Crippen molar-refractivity contribution >= 4 is 5.97 Å². The van der Waals surface area contributed by atoms with Gasteiger partial charge in [-0.1, -0.05) is 18.2 Å². The lowest BCUT2D eigenvalue weighted by Gasteiger charge is -2.21. The molecule has 0 saturated carbocycles. The Morgan fingerprint density at radius 3 is 2.00 bits per heavy atom. The smallest absolute Gasteiger partial charge is 0.343 e. The van der Waals surface area contributed by atoms with Gasteiger partial charge in [0.15, 0.2) is 0 Å². The molecule has 0 spiro atoms. The van der Waals surface area contributed by atoms with Gasteiger partial charge in [0, 0.05) is 0 Å². The molecule has 0 amide bonds. The van der Waals surface area contributed by atoms with Crippen LogP contribution in [0.15, 0.2) is 54.6 Å². The first-order chi connectivity index (χ1) is 9.44. The minimum atomic E-state index is -0.376. The van der Waals surface area contributed by atoms with Crippen molar-refractivity contribution in [3.05, 3.63) is 60.2 Å². The lowest BCUT2D eigenvalue weighted by Crippen LogP contribution is -2.22. The molecule has 0 aliphatic heterocycles. The van der Waals surface area contributed by atoms with Crippen LogP contribution < -0.4 is 9.47 Å². The summed E-state index contributed by atoms with van der Waals surface area (Å²) in [5.41, 5.74) is 0.238. The van der Waals surface area contributed by atoms with E-state index in [0.717, 1.165) is 5.75 Å². The molecule has 0 fully saturated rings. The average molecular weight is 270 g/mol. The van der Waals surface area contributed by atoms with Gasteiger partial charge in [-0.2, -0.15) is 0 Å². The molecule has 0 aromatic heterocycles. The van der Waals surface area contributed by atoms with E-state index >= 15 is 0 Å². The number of esters is 1. The zero-order valence-corrected chi connectivity index (χ0v) is 11.9. The van der Waals surface area contributed by atoms with Crippen LogP contribution in [0.3, 0.4) is 0 Å². The highest BCUT2D eigenvalue weighted by Crippen LogP contribution is 2.19. The first-order valence-corrected chi connectivity index (χ1v) is 6.50. The number of hydrogen-bond donors (Lipinski definition) is 0. The summed E-state index contributed by atoms with van der Waals surface area (Å²) in [6.07, 6.45) is 0. The van der Waals surface area contributed by atoms with Crippen molar-refractivity contribution < 1.29 is 14.3 Å². The second-order valence-corrected chi connectivity index (χ2v) is 5.44. The number of benzene rings is 2. The summed E-state index contributed by atoms with van der Waals surface area (Å²) in [6.45, 7) is 5.93. The molecule has 104 valence electrons. The number of ether oxygens (including phenoxy) is 2. The lowest BCUT2D eigenvalue weighted by molar-refractivity contribution is 0.0734. The maximum Gasteiger partial charge on any atom is 0.343 e. The first kappa shape index (κ1) is 14.1. The van der Waals surface area contributed by atoms with Crippen LogP contribution in [-0.2, 0) is 0 Å². The predicted octanol–water partition coefficient (Wildman–Crippen LogP) is 4.08. The van der Waals surface area contributed by atoms with E-state index in [0.29, 0.717) is 11.3 Å². The molecule has 0 saturated heterocycles. The van der Waals surface area contributed by atoms with Crippen LogP contribution in [0.5, 0.6) is 11.5 Å². The third-order valence-electron chi connectivity index (χ3n) is 2.47. The van der Waals surface area contributed by atoms with Crippen LogP contribution >= 0.6 is 0 Å². The number of para-hydroxylation sites is 1. The third kappa shape index (κ3) is 4.12. The fourth-order valence-corrected chi connectivity index (χ4v) is 1.67. The van der Waals surface area contributed by atoms with E-state index in [2.05, 4.69) is 0 Å². The zero-order chi connectivity index (χ0) is 14.6. The number of carbonyl (C=O) groups is 1. The molecule has 2 aromatic carbocycles. The number of carbonyl (C=O) groups excluding carboxylic acids is 1. The van der Waals surface area contributed by atoms with Gasteiger partial charge in [-0.3, -0.25) is 0 Å². The van der Waals surface area contributed by atoms with Gasteiger partial charge in [-0.25, -0.2) is 4.79 Å². The van der Waals surface area contributed by atoms with Crippen molar-refractivity contribution in [1.29, 1.82) is 0 Å². The van der Waals surface area contributed by atoms with E-state index < -0.39 is 0 Å². The quantitative estimate of drug-likeness (QED) is 0.622. The Morgan fingerprint density at radius 2 is 1.45 bits per heavy atom. The van der Waals surface area contributed by atoms with Crippen molar-refractivity contribution in [2.75, 3.05) is 0 Å². The Balaban J connectivity index is 2.04. The van der Waals surface area contributed by atoms with Crippen LogP contribution in [-0.4, -0.2) is 11.6 Å². The highest BCUT2D eigenvalue weighted by atomic mass is 16.5. The summed E-state index contributed by atoms with van der Waals surface area (Å²) in [5, 5.41) is 0. The molecule has 0 radical (unpaired) electrons. The Kier molecular flexibility index (Phi) is 4.08. The summed E-state index contributed by atoms with van der Waals surface area (Å²) in [6, 6.07) is 15.9. The second kappa shape index (κ2) is 5.78. The maximum absolute atomic E-state index is 11.9. The van der Waals surface area contributed by atoms with Gasteiger partial charge in [0.1, 0.15) is 17.1 Å². The summed E-state index contributed by atoms with van der Waals surface area (Å²) in [5.74, 6) is 0.889. The molecule has 0 N–H and O–H groups in total. The monoisotopic (exact) mass is 270 g/mol. The minimum absolute atomic E-state index is 0.258. The van der Waals surface area contributed by atoms with Crippen LogP contribution in [0, 0.1) is 0 Å². The van der Waals surface area contributed by atoms with Gasteiger partial charge >= 0.3 is 5.97 Å². The van der Waals surface area contributed by atoms with Crippen LogP contribution in [0.2, 0.25) is 0 Å². The second-order valence-electron chi connectivity index (χ2n) is 5.44. The van der Waals surface area contributed by atoms with E-state index in [9.17, 15) is 4.79 Å². The van der Waals surface area contributed by atoms with Crippen molar-refractivity contribution in [3.8, 4) is 11.5 Å². The molecule has 0 aliphatic carbocycles. The predicted molar refractivity (Wildman–Crippen MR) is 78.2 cm³/mol. The molecule has 0 heterocycles. The first-order valence-electron chi connectivity index (χ1n) is 6.50. The summed E-state index contributed by atoms with van der Waals surface area (Å²) in [4.78, 5) is 11.9. The zero-order valence-electron chi connectivity index (χ0n) is 11.9. The minimum Gasteiger partial charge on any atom is -0.488 e. The molecular formula is C17H18O3. The third-order valence-corrected chi connectivity index (χ3v) is 2.47. The molecule has 2 aromatic rings. The molecule has 0 atom stereocenters. The van der Waals surface area contributed by atoms with E-state index in [1.807, 2.05) is 39.0 Å². The van der Waals surface area contributed by atoms with E-state index in [4.69, 9.17) is 9.47 Å². The number of hydrogen-bond acceptors (Lipinski definition) is 3. The molecule has 20 heavy (non-hydrogen) atoms. The summed E-state index contributed by atoms with van der Waals surface area (Å²) in [7, 11) is 0. The van der Waals surface area contributed by atoms with Crippen LogP contribution in [0.1, 0.15) is 31.1 Å². The fourth-order valence-electron chi connectivity index (χ4n) is 1.67. The van der Waals surface area contributed by atoms with Crippen LogP contribution in [0.25, 0.3) is 0 Å². The van der Waals surface area contributed by atoms with Crippen molar-refractivity contribution in [3.63, 3.8) is 0 Å². The molecule has 2 rings (SSSR count). The fraction of sp³-hybridized carbons (Fsp3) is 0.235. The number of rotatable bonds is 3. The van der Waals surface area contributed by atoms with Crippen molar-refractivity contribution in [2.24, 2.45) is 0 Å². The van der Waals surface area contributed by atoms with E-state index in [-0.39, 0.29) is 11.6 Å². The van der Waals surface area contributed by atoms with Gasteiger partial charge in [-0.05, 0) is 57.2 Å². The van der Waals surface area contributed by atoms with Gasteiger partial charge in [-0.15, -0.1) is 0 Å². The van der Waals surface area contributed by atoms with Gasteiger partial charge < -0.3 is 9.47 Å². The normalized spacial score (nSPS) is 10.9. The molecule has 3 nitrogen and oxygen atoms in total. The molecule has 0 unspecified atom stereocenters. The average Bonchev–Trinajstić information content (AvgIpc) is 2.39. The van der Waals surface area contributed by atoms with Crippen LogP contribution in [0.4, 0.5) is 0 Å². The molecule has 3 heteroatoms. The summed E-state index contributed by atoms with van der Waals surface area (Å²) >= 11 is 0. The highest BCUT2D eigenvalue weighted by molar-refractivity contribution is 5.91. The Bertz CT molecular complexity index is 565. The van der Waals surface area contributed by atoms with Gasteiger partial charge in [0.2, 0.25) is 0 Å². The Labute approximate surface area is 119 Å².